The van der Waals surface area contributed by atoms with Crippen LogP contribution in [0.5, 0.6) is 5.75 Å². The number of rotatable bonds is 10. The molecule has 1 atom stereocenters. The molecule has 0 saturated heterocycles. The van der Waals surface area contributed by atoms with Gasteiger partial charge in [0, 0.05) is 30.4 Å². The summed E-state index contributed by atoms with van der Waals surface area (Å²) in [5, 5.41) is 15.0. The number of ether oxygens (including phenoxy) is 1. The fourth-order valence-corrected chi connectivity index (χ4v) is 3.47. The van der Waals surface area contributed by atoms with Crippen LogP contribution in [0.3, 0.4) is 0 Å². The van der Waals surface area contributed by atoms with E-state index < -0.39 is 5.97 Å². The molecule has 0 aromatic heterocycles. The lowest BCUT2D eigenvalue weighted by Gasteiger charge is -2.42. The maximum Gasteiger partial charge on any atom is 0.319 e. The van der Waals surface area contributed by atoms with Gasteiger partial charge in [-0.05, 0) is 57.1 Å². The first-order chi connectivity index (χ1) is 13.4. The third-order valence-corrected chi connectivity index (χ3v) is 5.50. The van der Waals surface area contributed by atoms with E-state index in [1.165, 1.54) is 12.8 Å². The van der Waals surface area contributed by atoms with Crippen LogP contribution in [0.15, 0.2) is 24.3 Å². The van der Waals surface area contributed by atoms with Gasteiger partial charge in [-0.25, -0.2) is 4.79 Å². The van der Waals surface area contributed by atoms with E-state index in [0.717, 1.165) is 31.6 Å². The number of hydrogen-bond acceptors (Lipinski definition) is 4. The molecular formula is C21H31N3O4. The van der Waals surface area contributed by atoms with Crippen molar-refractivity contribution in [2.75, 3.05) is 18.4 Å². The molecule has 0 spiro atoms. The first kappa shape index (κ1) is 20.5. The van der Waals surface area contributed by atoms with Crippen molar-refractivity contribution in [1.29, 1.82) is 0 Å². The zero-order chi connectivity index (χ0) is 20.1. The zero-order valence-corrected chi connectivity index (χ0v) is 16.7. The average molecular weight is 389 g/mol. The normalized spacial score (nSPS) is 22.2. The number of benzene rings is 1. The lowest BCUT2D eigenvalue weighted by atomic mass is 9.85. The number of nitrogens with one attached hydrogen (secondary N) is 2. The van der Waals surface area contributed by atoms with Gasteiger partial charge in [0.1, 0.15) is 5.75 Å². The van der Waals surface area contributed by atoms with Gasteiger partial charge in [-0.15, -0.1) is 0 Å². The molecule has 2 amide bonds. The van der Waals surface area contributed by atoms with Crippen LogP contribution in [0.2, 0.25) is 0 Å². The first-order valence-corrected chi connectivity index (χ1v) is 10.2. The highest BCUT2D eigenvalue weighted by Gasteiger charge is 2.37. The third-order valence-electron chi connectivity index (χ3n) is 5.50. The quantitative estimate of drug-likeness (QED) is 0.571. The summed E-state index contributed by atoms with van der Waals surface area (Å²) in [7, 11) is 0. The van der Waals surface area contributed by atoms with Crippen LogP contribution in [-0.2, 0) is 4.79 Å². The molecule has 0 heterocycles. The summed E-state index contributed by atoms with van der Waals surface area (Å²) in [6.45, 7) is 5.02. The second-order valence-electron chi connectivity index (χ2n) is 8.05. The summed E-state index contributed by atoms with van der Waals surface area (Å²) in [6.07, 6.45) is 5.04. The fraction of sp³-hybridized carbons (Fsp3) is 0.619. The predicted octanol–water partition coefficient (Wildman–Crippen LogP) is 3.31. The van der Waals surface area contributed by atoms with Gasteiger partial charge in [0.15, 0.2) is 0 Å². The highest BCUT2D eigenvalue weighted by molar-refractivity contribution is 5.89. The minimum absolute atomic E-state index is 0.0834. The minimum Gasteiger partial charge on any atom is -0.491 e. The van der Waals surface area contributed by atoms with Gasteiger partial charge in [-0.2, -0.15) is 0 Å². The third kappa shape index (κ3) is 6.12. The van der Waals surface area contributed by atoms with Crippen LogP contribution in [0.1, 0.15) is 46.0 Å². The van der Waals surface area contributed by atoms with E-state index >= 15 is 0 Å². The van der Waals surface area contributed by atoms with Gasteiger partial charge < -0.3 is 20.5 Å². The second-order valence-corrected chi connectivity index (χ2v) is 8.05. The van der Waals surface area contributed by atoms with Crippen molar-refractivity contribution in [3.8, 4) is 5.75 Å². The van der Waals surface area contributed by atoms with Gasteiger partial charge in [0.2, 0.25) is 0 Å². The molecule has 0 aliphatic heterocycles. The van der Waals surface area contributed by atoms with Crippen LogP contribution in [0, 0.1) is 5.92 Å². The van der Waals surface area contributed by atoms with Crippen molar-refractivity contribution in [2.24, 2.45) is 5.92 Å². The number of hydrogen-bond donors (Lipinski definition) is 3. The Morgan fingerprint density at radius 2 is 2.07 bits per heavy atom. The molecule has 1 aromatic carbocycles. The molecule has 0 radical (unpaired) electrons. The number of carbonyl (C=O) groups excluding carboxylic acids is 1. The van der Waals surface area contributed by atoms with Crippen molar-refractivity contribution in [1.82, 2.24) is 10.2 Å². The van der Waals surface area contributed by atoms with Crippen molar-refractivity contribution >= 4 is 17.7 Å². The molecule has 2 aliphatic rings. The maximum absolute atomic E-state index is 12.3. The molecule has 3 rings (SSSR count). The van der Waals surface area contributed by atoms with E-state index in [4.69, 9.17) is 9.84 Å². The smallest absolute Gasteiger partial charge is 0.319 e. The summed E-state index contributed by atoms with van der Waals surface area (Å²) < 4.78 is 5.78. The van der Waals surface area contributed by atoms with Gasteiger partial charge in [-0.1, -0.05) is 13.0 Å². The molecule has 0 bridgehead atoms. The van der Waals surface area contributed by atoms with Crippen LogP contribution in [0.25, 0.3) is 0 Å². The van der Waals surface area contributed by atoms with Crippen LogP contribution in [0.4, 0.5) is 10.5 Å². The molecule has 28 heavy (non-hydrogen) atoms. The number of urea groups is 1. The summed E-state index contributed by atoms with van der Waals surface area (Å²) in [5.74, 6) is 0.606. The summed E-state index contributed by atoms with van der Waals surface area (Å²) >= 11 is 0. The van der Waals surface area contributed by atoms with Crippen LogP contribution < -0.4 is 15.4 Å². The Morgan fingerprint density at radius 3 is 2.71 bits per heavy atom. The van der Waals surface area contributed by atoms with Crippen molar-refractivity contribution in [3.05, 3.63) is 24.3 Å². The summed E-state index contributed by atoms with van der Waals surface area (Å²) in [4.78, 5) is 25.4. The maximum atomic E-state index is 12.3. The number of carbonyl (C=O) groups is 2. The second kappa shape index (κ2) is 9.28. The molecule has 2 fully saturated rings. The highest BCUT2D eigenvalue weighted by atomic mass is 16.5. The van der Waals surface area contributed by atoms with E-state index in [2.05, 4.69) is 22.5 Å². The Hall–Kier alpha value is -2.28. The monoisotopic (exact) mass is 389 g/mol. The van der Waals surface area contributed by atoms with Crippen molar-refractivity contribution in [3.63, 3.8) is 0 Å². The summed E-state index contributed by atoms with van der Waals surface area (Å²) in [6, 6.07) is 7.47. The van der Waals surface area contributed by atoms with Gasteiger partial charge in [0.25, 0.3) is 0 Å². The van der Waals surface area contributed by atoms with Crippen LogP contribution >= 0.6 is 0 Å². The zero-order valence-electron chi connectivity index (χ0n) is 16.7. The number of carboxylic acid groups (broad SMARTS) is 1. The average Bonchev–Trinajstić information content (AvgIpc) is 3.41. The van der Waals surface area contributed by atoms with Crippen LogP contribution in [-0.4, -0.2) is 53.3 Å². The predicted molar refractivity (Wildman–Crippen MR) is 108 cm³/mol. The topological polar surface area (TPSA) is 90.9 Å². The number of amides is 2. The molecule has 1 unspecified atom stereocenters. The number of anilines is 1. The highest BCUT2D eigenvalue weighted by Crippen LogP contribution is 2.33. The van der Waals surface area contributed by atoms with E-state index in [-0.39, 0.29) is 30.8 Å². The van der Waals surface area contributed by atoms with Gasteiger partial charge in [0.05, 0.1) is 12.6 Å². The molecule has 154 valence electrons. The Bertz CT molecular complexity index is 686. The molecule has 7 nitrogen and oxygen atoms in total. The Balaban J connectivity index is 1.43. The van der Waals surface area contributed by atoms with Crippen molar-refractivity contribution in [2.45, 2.75) is 64.1 Å². The number of aliphatic carboxylic acids is 1. The molecule has 2 saturated carbocycles. The van der Waals surface area contributed by atoms with E-state index in [9.17, 15) is 9.59 Å². The largest absolute Gasteiger partial charge is 0.491 e. The minimum atomic E-state index is -0.783. The van der Waals surface area contributed by atoms with Crippen molar-refractivity contribution < 1.29 is 19.4 Å². The SMILES string of the molecule is CCC(C)Oc1cccc(NC(=O)NC2CC(N(CC(=O)O)CC3CC3)C2)c1. The molecule has 7 heteroatoms. The molecule has 3 N–H and O–H groups in total. The van der Waals surface area contributed by atoms with Gasteiger partial charge in [-0.3, -0.25) is 9.69 Å². The summed E-state index contributed by atoms with van der Waals surface area (Å²) in [5.41, 5.74) is 0.690. The van der Waals surface area contributed by atoms with E-state index in [0.29, 0.717) is 11.6 Å². The fourth-order valence-electron chi connectivity index (χ4n) is 3.47. The standard InChI is InChI=1S/C21H31N3O4/c1-3-14(2)28-19-6-4-5-16(11-19)22-21(27)23-17-9-18(10-17)24(13-20(25)26)12-15-7-8-15/h4-6,11,14-15,17-18H,3,7-10,12-13H2,1-2H3,(H,25,26)(H2,22,23,27). The molecule has 1 aromatic rings. The lowest BCUT2D eigenvalue weighted by Crippen LogP contribution is -2.55. The van der Waals surface area contributed by atoms with E-state index in [1.54, 1.807) is 0 Å². The Kier molecular flexibility index (Phi) is 6.78. The van der Waals surface area contributed by atoms with Gasteiger partial charge >= 0.3 is 12.0 Å². The molecular weight excluding hydrogens is 358 g/mol. The first-order valence-electron chi connectivity index (χ1n) is 10.2. The lowest BCUT2D eigenvalue weighted by molar-refractivity contribution is -0.139. The van der Waals surface area contributed by atoms with E-state index in [1.807, 2.05) is 31.2 Å². The molecule has 2 aliphatic carbocycles. The Labute approximate surface area is 166 Å². The number of carboxylic acids is 1. The Morgan fingerprint density at radius 1 is 1.32 bits per heavy atom. The number of nitrogens with zero attached hydrogens (tertiary/aromatic N) is 1.